The van der Waals surface area contributed by atoms with Crippen molar-refractivity contribution in [1.29, 1.82) is 0 Å². The van der Waals surface area contributed by atoms with Crippen molar-refractivity contribution in [2.45, 2.75) is 31.8 Å². The standard InChI is InChI=1S/C16H26N4O3S/c1-18(10-11-20-7-2-6-17-20)16(21)14-3-8-19(9-4-14)15-5-12-24(22,23)13-15/h2,6-7,14-15H,3-5,8-13H2,1H3/t15-/m1/s1. The number of nitrogens with zero attached hydrogens (tertiary/aromatic N) is 4. The molecule has 0 aliphatic carbocycles. The van der Waals surface area contributed by atoms with E-state index < -0.39 is 9.84 Å². The summed E-state index contributed by atoms with van der Waals surface area (Å²) < 4.78 is 25.1. The number of piperidine rings is 1. The Bertz CT molecular complexity index is 651. The van der Waals surface area contributed by atoms with E-state index >= 15 is 0 Å². The van der Waals surface area contributed by atoms with E-state index in [1.807, 2.05) is 24.0 Å². The first kappa shape index (κ1) is 17.4. The van der Waals surface area contributed by atoms with Crippen molar-refractivity contribution in [3.8, 4) is 0 Å². The molecule has 0 aromatic carbocycles. The number of aromatic nitrogens is 2. The molecule has 2 aliphatic rings. The molecule has 0 bridgehead atoms. The molecule has 1 amide bonds. The molecule has 1 aromatic rings. The number of sulfone groups is 1. The van der Waals surface area contributed by atoms with Crippen molar-refractivity contribution in [1.82, 2.24) is 19.6 Å². The molecule has 7 nitrogen and oxygen atoms in total. The number of carbonyl (C=O) groups is 1. The normalized spacial score (nSPS) is 25.0. The number of hydrogen-bond donors (Lipinski definition) is 0. The molecule has 134 valence electrons. The highest BCUT2D eigenvalue weighted by atomic mass is 32.2. The molecule has 8 heteroatoms. The molecular weight excluding hydrogens is 328 g/mol. The highest BCUT2D eigenvalue weighted by molar-refractivity contribution is 7.91. The van der Waals surface area contributed by atoms with Crippen LogP contribution in [0.15, 0.2) is 18.5 Å². The Labute approximate surface area is 143 Å². The Balaban J connectivity index is 1.44. The van der Waals surface area contributed by atoms with Gasteiger partial charge in [-0.2, -0.15) is 5.10 Å². The third kappa shape index (κ3) is 4.16. The monoisotopic (exact) mass is 354 g/mol. The first-order chi connectivity index (χ1) is 11.4. The number of hydrogen-bond acceptors (Lipinski definition) is 5. The molecule has 24 heavy (non-hydrogen) atoms. The average molecular weight is 354 g/mol. The molecule has 3 rings (SSSR count). The van der Waals surface area contributed by atoms with Crippen LogP contribution in [0.4, 0.5) is 0 Å². The van der Waals surface area contributed by atoms with Crippen LogP contribution >= 0.6 is 0 Å². The maximum atomic E-state index is 12.6. The number of rotatable bonds is 5. The Morgan fingerprint density at radius 2 is 2.04 bits per heavy atom. The lowest BCUT2D eigenvalue weighted by Crippen LogP contribution is -2.46. The maximum Gasteiger partial charge on any atom is 0.225 e. The summed E-state index contributed by atoms with van der Waals surface area (Å²) in [6.45, 7) is 3.00. The summed E-state index contributed by atoms with van der Waals surface area (Å²) in [6.07, 6.45) is 6.01. The van der Waals surface area contributed by atoms with Crippen LogP contribution in [0.25, 0.3) is 0 Å². The second kappa shape index (κ2) is 7.23. The molecule has 0 spiro atoms. The van der Waals surface area contributed by atoms with Crippen molar-refractivity contribution in [3.05, 3.63) is 18.5 Å². The number of amides is 1. The van der Waals surface area contributed by atoms with Gasteiger partial charge >= 0.3 is 0 Å². The summed E-state index contributed by atoms with van der Waals surface area (Å²) in [5, 5.41) is 4.15. The van der Waals surface area contributed by atoms with E-state index in [9.17, 15) is 13.2 Å². The van der Waals surface area contributed by atoms with Crippen molar-refractivity contribution in [2.75, 3.05) is 38.2 Å². The van der Waals surface area contributed by atoms with Crippen molar-refractivity contribution in [3.63, 3.8) is 0 Å². The quantitative estimate of drug-likeness (QED) is 0.757. The lowest BCUT2D eigenvalue weighted by Gasteiger charge is -2.36. The third-order valence-electron chi connectivity index (χ3n) is 5.20. The first-order valence-electron chi connectivity index (χ1n) is 8.61. The van der Waals surface area contributed by atoms with Crippen LogP contribution in [0, 0.1) is 5.92 Å². The first-order valence-corrected chi connectivity index (χ1v) is 10.4. The summed E-state index contributed by atoms with van der Waals surface area (Å²) in [5.74, 6) is 0.852. The van der Waals surface area contributed by atoms with Gasteiger partial charge in [-0.15, -0.1) is 0 Å². The smallest absolute Gasteiger partial charge is 0.225 e. The molecule has 0 N–H and O–H groups in total. The van der Waals surface area contributed by atoms with Gasteiger partial charge in [0.2, 0.25) is 5.91 Å². The zero-order valence-electron chi connectivity index (χ0n) is 14.2. The van der Waals surface area contributed by atoms with Crippen LogP contribution in [0.1, 0.15) is 19.3 Å². The lowest BCUT2D eigenvalue weighted by atomic mass is 9.94. The van der Waals surface area contributed by atoms with Gasteiger partial charge < -0.3 is 4.90 Å². The molecule has 2 fully saturated rings. The Morgan fingerprint density at radius 1 is 1.29 bits per heavy atom. The Morgan fingerprint density at radius 3 is 2.62 bits per heavy atom. The maximum absolute atomic E-state index is 12.6. The van der Waals surface area contributed by atoms with E-state index in [4.69, 9.17) is 0 Å². The van der Waals surface area contributed by atoms with E-state index in [-0.39, 0.29) is 23.6 Å². The number of likely N-dealkylation sites (N-methyl/N-ethyl adjacent to an activating group) is 1. The van der Waals surface area contributed by atoms with Crippen LogP contribution in [0.5, 0.6) is 0 Å². The van der Waals surface area contributed by atoms with Gasteiger partial charge in [-0.25, -0.2) is 8.42 Å². The van der Waals surface area contributed by atoms with Crippen LogP contribution in [-0.4, -0.2) is 78.1 Å². The average Bonchev–Trinajstić information content (AvgIpc) is 3.21. The molecular formula is C16H26N4O3S. The molecule has 1 aromatic heterocycles. The zero-order chi connectivity index (χ0) is 17.2. The third-order valence-corrected chi connectivity index (χ3v) is 6.95. The summed E-state index contributed by atoms with van der Waals surface area (Å²) >= 11 is 0. The van der Waals surface area contributed by atoms with E-state index in [0.29, 0.717) is 18.8 Å². The second-order valence-electron chi connectivity index (χ2n) is 6.90. The highest BCUT2D eigenvalue weighted by Crippen LogP contribution is 2.25. The summed E-state index contributed by atoms with van der Waals surface area (Å²) in [5.41, 5.74) is 0. The molecule has 0 unspecified atom stereocenters. The summed E-state index contributed by atoms with van der Waals surface area (Å²) in [6, 6.07) is 2.03. The molecule has 2 aliphatic heterocycles. The van der Waals surface area contributed by atoms with Crippen LogP contribution < -0.4 is 0 Å². The molecule has 1 atom stereocenters. The Hall–Kier alpha value is -1.41. The number of carbonyl (C=O) groups excluding carboxylic acids is 1. The second-order valence-corrected chi connectivity index (χ2v) is 9.12. The molecule has 0 radical (unpaired) electrons. The fourth-order valence-electron chi connectivity index (χ4n) is 3.68. The van der Waals surface area contributed by atoms with Crippen molar-refractivity contribution in [2.24, 2.45) is 5.92 Å². The highest BCUT2D eigenvalue weighted by Gasteiger charge is 2.35. The minimum atomic E-state index is -2.84. The van der Waals surface area contributed by atoms with Gasteiger partial charge in [0.05, 0.1) is 18.1 Å². The van der Waals surface area contributed by atoms with Gasteiger partial charge in [0.1, 0.15) is 0 Å². The fourth-order valence-corrected chi connectivity index (χ4v) is 5.44. The summed E-state index contributed by atoms with van der Waals surface area (Å²) in [7, 11) is -0.993. The van der Waals surface area contributed by atoms with Crippen molar-refractivity contribution >= 4 is 15.7 Å². The van der Waals surface area contributed by atoms with E-state index in [0.717, 1.165) is 32.4 Å². The minimum Gasteiger partial charge on any atom is -0.344 e. The van der Waals surface area contributed by atoms with Crippen LogP contribution in [-0.2, 0) is 21.2 Å². The van der Waals surface area contributed by atoms with Crippen LogP contribution in [0.2, 0.25) is 0 Å². The van der Waals surface area contributed by atoms with E-state index in [1.165, 1.54) is 0 Å². The van der Waals surface area contributed by atoms with Gasteiger partial charge in [0.25, 0.3) is 0 Å². The number of likely N-dealkylation sites (tertiary alicyclic amines) is 1. The largest absolute Gasteiger partial charge is 0.344 e. The van der Waals surface area contributed by atoms with E-state index in [2.05, 4.69) is 10.00 Å². The Kier molecular flexibility index (Phi) is 5.24. The predicted octanol–water partition coefficient (Wildman–Crippen LogP) is 0.241. The topological polar surface area (TPSA) is 75.5 Å². The van der Waals surface area contributed by atoms with Gasteiger partial charge in [0.15, 0.2) is 9.84 Å². The SMILES string of the molecule is CN(CCn1cccn1)C(=O)C1CCN([C@@H]2CCS(=O)(=O)C2)CC1. The summed E-state index contributed by atoms with van der Waals surface area (Å²) in [4.78, 5) is 16.6. The van der Waals surface area contributed by atoms with E-state index in [1.54, 1.807) is 11.1 Å². The predicted molar refractivity (Wildman–Crippen MR) is 91.2 cm³/mol. The molecule has 3 heterocycles. The molecule has 0 saturated carbocycles. The molecule has 2 saturated heterocycles. The van der Waals surface area contributed by atoms with Crippen LogP contribution in [0.3, 0.4) is 0 Å². The van der Waals surface area contributed by atoms with Gasteiger partial charge in [-0.3, -0.25) is 14.4 Å². The minimum absolute atomic E-state index is 0.0573. The zero-order valence-corrected chi connectivity index (χ0v) is 15.0. The van der Waals surface area contributed by atoms with Gasteiger partial charge in [-0.05, 0) is 38.4 Å². The lowest BCUT2D eigenvalue weighted by molar-refractivity contribution is -0.136. The van der Waals surface area contributed by atoms with Gasteiger partial charge in [-0.1, -0.05) is 0 Å². The van der Waals surface area contributed by atoms with Crippen molar-refractivity contribution < 1.29 is 13.2 Å². The van der Waals surface area contributed by atoms with Gasteiger partial charge in [0, 0.05) is 37.9 Å². The fraction of sp³-hybridized carbons (Fsp3) is 0.750.